The number of pyridine rings is 1. The van der Waals surface area contributed by atoms with Crippen LogP contribution in [0.15, 0.2) is 48.7 Å². The molecule has 0 aliphatic rings. The van der Waals surface area contributed by atoms with Crippen LogP contribution in [0, 0.1) is 6.92 Å². The number of nitrogens with zero attached hydrogens (tertiary/aromatic N) is 3. The molecular weight excluding hydrogens is 338 g/mol. The van der Waals surface area contributed by atoms with Gasteiger partial charge in [0.15, 0.2) is 0 Å². The Labute approximate surface area is 160 Å². The summed E-state index contributed by atoms with van der Waals surface area (Å²) in [5.41, 5.74) is 3.84. The van der Waals surface area contributed by atoms with Gasteiger partial charge in [-0.05, 0) is 63.4 Å². The van der Waals surface area contributed by atoms with Gasteiger partial charge in [0.25, 0.3) is 5.91 Å². The highest BCUT2D eigenvalue weighted by molar-refractivity contribution is 5.94. The Morgan fingerprint density at radius 2 is 2.00 bits per heavy atom. The third-order valence-corrected chi connectivity index (χ3v) is 4.76. The van der Waals surface area contributed by atoms with Crippen LogP contribution in [-0.2, 0) is 13.0 Å². The topological polar surface area (TPSA) is 57.8 Å². The minimum Gasteiger partial charge on any atom is -0.390 e. The first-order valence-corrected chi connectivity index (χ1v) is 9.24. The number of amides is 1. The molecule has 0 atom stereocenters. The fourth-order valence-electron chi connectivity index (χ4n) is 3.18. The normalized spacial score (nSPS) is 11.7. The molecule has 0 unspecified atom stereocenters. The van der Waals surface area contributed by atoms with E-state index in [1.807, 2.05) is 67.0 Å². The highest BCUT2D eigenvalue weighted by atomic mass is 16.3. The highest BCUT2D eigenvalue weighted by Crippen LogP contribution is 2.17. The fraction of sp³-hybridized carbons (Fsp3) is 0.364. The molecule has 2 heterocycles. The van der Waals surface area contributed by atoms with Crippen LogP contribution in [-0.4, -0.2) is 37.9 Å². The first-order chi connectivity index (χ1) is 12.7. The number of rotatable bonds is 6. The maximum atomic E-state index is 12.9. The number of carbonyl (C=O) groups is 1. The molecule has 2 aromatic heterocycles. The lowest BCUT2D eigenvalue weighted by Gasteiger charge is -2.19. The number of hydrogen-bond donors (Lipinski definition) is 1. The number of aliphatic hydroxyl groups is 1. The van der Waals surface area contributed by atoms with Crippen molar-refractivity contribution in [2.24, 2.45) is 0 Å². The third-order valence-electron chi connectivity index (χ3n) is 4.76. The molecule has 3 rings (SSSR count). The van der Waals surface area contributed by atoms with Crippen molar-refractivity contribution < 1.29 is 9.90 Å². The van der Waals surface area contributed by atoms with Crippen LogP contribution in [0.2, 0.25) is 0 Å². The van der Waals surface area contributed by atoms with Gasteiger partial charge < -0.3 is 14.4 Å². The Kier molecular flexibility index (Phi) is 5.33. The van der Waals surface area contributed by atoms with E-state index in [0.29, 0.717) is 18.5 Å². The van der Waals surface area contributed by atoms with E-state index in [-0.39, 0.29) is 5.91 Å². The molecule has 0 aliphatic carbocycles. The van der Waals surface area contributed by atoms with E-state index in [1.165, 1.54) is 0 Å². The van der Waals surface area contributed by atoms with Crippen molar-refractivity contribution in [2.75, 3.05) is 7.05 Å². The summed E-state index contributed by atoms with van der Waals surface area (Å²) < 4.78 is 2.03. The van der Waals surface area contributed by atoms with Crippen molar-refractivity contribution in [1.82, 2.24) is 14.3 Å². The second-order valence-corrected chi connectivity index (χ2v) is 7.75. The standard InChI is InChI=1S/C22H27N3O2/c1-16-19(25-13-6-5-10-20(25)23-16)15-24(4)21(26)18-9-7-8-17(14-18)11-12-22(2,3)27/h5-10,13-14,27H,11-12,15H2,1-4H3. The average Bonchev–Trinajstić information content (AvgIpc) is 2.94. The van der Waals surface area contributed by atoms with Gasteiger partial charge in [-0.15, -0.1) is 0 Å². The van der Waals surface area contributed by atoms with Crippen LogP contribution >= 0.6 is 0 Å². The number of aryl methyl sites for hydroxylation is 2. The average molecular weight is 365 g/mol. The number of fused-ring (bicyclic) bond motifs is 1. The maximum Gasteiger partial charge on any atom is 0.253 e. The van der Waals surface area contributed by atoms with Crippen LogP contribution < -0.4 is 0 Å². The molecule has 27 heavy (non-hydrogen) atoms. The zero-order valence-corrected chi connectivity index (χ0v) is 16.4. The predicted octanol–water partition coefficient (Wildman–Crippen LogP) is 3.62. The van der Waals surface area contributed by atoms with Crippen molar-refractivity contribution in [2.45, 2.75) is 45.8 Å². The van der Waals surface area contributed by atoms with Gasteiger partial charge in [0.05, 0.1) is 23.5 Å². The summed E-state index contributed by atoms with van der Waals surface area (Å²) >= 11 is 0. The Bertz CT molecular complexity index is 954. The van der Waals surface area contributed by atoms with Crippen LogP contribution in [0.1, 0.15) is 47.6 Å². The first kappa shape index (κ1) is 19.1. The van der Waals surface area contributed by atoms with Crippen molar-refractivity contribution in [3.05, 3.63) is 71.2 Å². The van der Waals surface area contributed by atoms with Gasteiger partial charge in [0.1, 0.15) is 5.65 Å². The van der Waals surface area contributed by atoms with E-state index >= 15 is 0 Å². The Morgan fingerprint density at radius 1 is 1.22 bits per heavy atom. The second kappa shape index (κ2) is 7.53. The Balaban J connectivity index is 1.76. The number of benzene rings is 1. The summed E-state index contributed by atoms with van der Waals surface area (Å²) in [6.07, 6.45) is 3.36. The van der Waals surface area contributed by atoms with Gasteiger partial charge >= 0.3 is 0 Å². The maximum absolute atomic E-state index is 12.9. The van der Waals surface area contributed by atoms with Gasteiger partial charge in [-0.25, -0.2) is 4.98 Å². The van der Waals surface area contributed by atoms with E-state index in [4.69, 9.17) is 0 Å². The summed E-state index contributed by atoms with van der Waals surface area (Å²) in [6.45, 7) is 6.06. The molecular formula is C22H27N3O2. The van der Waals surface area contributed by atoms with Crippen molar-refractivity contribution in [1.29, 1.82) is 0 Å². The summed E-state index contributed by atoms with van der Waals surface area (Å²) in [5, 5.41) is 9.92. The molecule has 0 spiro atoms. The Morgan fingerprint density at radius 3 is 2.74 bits per heavy atom. The van der Waals surface area contributed by atoms with Crippen molar-refractivity contribution in [3.8, 4) is 0 Å². The molecule has 142 valence electrons. The van der Waals surface area contributed by atoms with Gasteiger partial charge in [-0.3, -0.25) is 4.79 Å². The number of carbonyl (C=O) groups excluding carboxylic acids is 1. The van der Waals surface area contributed by atoms with Gasteiger partial charge in [-0.2, -0.15) is 0 Å². The summed E-state index contributed by atoms with van der Waals surface area (Å²) in [4.78, 5) is 19.2. The lowest BCUT2D eigenvalue weighted by Crippen LogP contribution is -2.27. The molecule has 1 amide bonds. The molecule has 1 aromatic carbocycles. The summed E-state index contributed by atoms with van der Waals surface area (Å²) in [5.74, 6) is -0.0228. The molecule has 3 aromatic rings. The summed E-state index contributed by atoms with van der Waals surface area (Å²) in [6, 6.07) is 13.5. The lowest BCUT2D eigenvalue weighted by molar-refractivity contribution is 0.0714. The molecule has 0 fully saturated rings. The summed E-state index contributed by atoms with van der Waals surface area (Å²) in [7, 11) is 1.81. The molecule has 5 nitrogen and oxygen atoms in total. The monoisotopic (exact) mass is 365 g/mol. The van der Waals surface area contributed by atoms with Crippen LogP contribution in [0.5, 0.6) is 0 Å². The minimum atomic E-state index is -0.711. The van der Waals surface area contributed by atoms with E-state index in [9.17, 15) is 9.90 Å². The zero-order chi connectivity index (χ0) is 19.6. The number of hydrogen-bond acceptors (Lipinski definition) is 3. The SMILES string of the molecule is Cc1nc2ccccn2c1CN(C)C(=O)c1cccc(CCC(C)(C)O)c1. The van der Waals surface area contributed by atoms with E-state index < -0.39 is 5.60 Å². The van der Waals surface area contributed by atoms with E-state index in [2.05, 4.69) is 4.98 Å². The van der Waals surface area contributed by atoms with Crippen molar-refractivity contribution in [3.63, 3.8) is 0 Å². The molecule has 0 saturated carbocycles. The molecule has 1 N–H and O–H groups in total. The second-order valence-electron chi connectivity index (χ2n) is 7.75. The minimum absolute atomic E-state index is 0.0228. The van der Waals surface area contributed by atoms with Crippen LogP contribution in [0.25, 0.3) is 5.65 Å². The smallest absolute Gasteiger partial charge is 0.253 e. The number of imidazole rings is 1. The van der Waals surface area contributed by atoms with Crippen LogP contribution in [0.4, 0.5) is 0 Å². The third kappa shape index (κ3) is 4.55. The number of aromatic nitrogens is 2. The van der Waals surface area contributed by atoms with E-state index in [1.54, 1.807) is 18.7 Å². The Hall–Kier alpha value is -2.66. The fourth-order valence-corrected chi connectivity index (χ4v) is 3.18. The quantitative estimate of drug-likeness (QED) is 0.726. The molecule has 0 aliphatic heterocycles. The predicted molar refractivity (Wildman–Crippen MR) is 107 cm³/mol. The highest BCUT2D eigenvalue weighted by Gasteiger charge is 2.17. The molecule has 5 heteroatoms. The largest absolute Gasteiger partial charge is 0.390 e. The van der Waals surface area contributed by atoms with Gasteiger partial charge in [-0.1, -0.05) is 18.2 Å². The zero-order valence-electron chi connectivity index (χ0n) is 16.4. The molecule has 0 radical (unpaired) electrons. The van der Waals surface area contributed by atoms with Gasteiger partial charge in [0, 0.05) is 18.8 Å². The lowest BCUT2D eigenvalue weighted by atomic mass is 9.98. The first-order valence-electron chi connectivity index (χ1n) is 9.24. The van der Waals surface area contributed by atoms with Gasteiger partial charge in [0.2, 0.25) is 0 Å². The molecule has 0 saturated heterocycles. The molecule has 0 bridgehead atoms. The van der Waals surface area contributed by atoms with Crippen molar-refractivity contribution >= 4 is 11.6 Å². The van der Waals surface area contributed by atoms with Crippen LogP contribution in [0.3, 0.4) is 0 Å². The van der Waals surface area contributed by atoms with E-state index in [0.717, 1.165) is 29.0 Å².